The zero-order chi connectivity index (χ0) is 12.3. The first-order valence-electron chi connectivity index (χ1n) is 5.36. The second-order valence-corrected chi connectivity index (χ2v) is 3.87. The van der Waals surface area contributed by atoms with Crippen LogP contribution in [0, 0.1) is 6.92 Å². The number of rotatable bonds is 3. The first-order chi connectivity index (χ1) is 8.15. The van der Waals surface area contributed by atoms with Gasteiger partial charge in [-0.1, -0.05) is 24.3 Å². The van der Waals surface area contributed by atoms with E-state index in [1.165, 1.54) is 11.0 Å². The quantitative estimate of drug-likeness (QED) is 0.864. The highest BCUT2D eigenvalue weighted by molar-refractivity contribution is 5.91. The summed E-state index contributed by atoms with van der Waals surface area (Å²) in [5.41, 5.74) is 2.13. The second kappa shape index (κ2) is 4.78. The van der Waals surface area contributed by atoms with E-state index in [4.69, 9.17) is 0 Å². The molecule has 2 aromatic rings. The van der Waals surface area contributed by atoms with Gasteiger partial charge in [0.05, 0.1) is 12.6 Å². The number of hydrogen-bond donors (Lipinski definition) is 1. The Kier molecular flexibility index (Phi) is 3.18. The van der Waals surface area contributed by atoms with Gasteiger partial charge in [-0.3, -0.25) is 4.79 Å². The third-order valence-corrected chi connectivity index (χ3v) is 2.48. The topological polar surface area (TPSA) is 59.8 Å². The lowest BCUT2D eigenvalue weighted by atomic mass is 10.1. The Morgan fingerprint density at radius 1 is 1.41 bits per heavy atom. The molecule has 5 nitrogen and oxygen atoms in total. The van der Waals surface area contributed by atoms with Crippen molar-refractivity contribution in [1.29, 1.82) is 0 Å². The first kappa shape index (κ1) is 11.3. The van der Waals surface area contributed by atoms with Gasteiger partial charge in [-0.2, -0.15) is 9.90 Å². The zero-order valence-electron chi connectivity index (χ0n) is 9.84. The van der Waals surface area contributed by atoms with Gasteiger partial charge in [-0.05, 0) is 18.1 Å². The molecule has 0 spiro atoms. The maximum absolute atomic E-state index is 11.8. The van der Waals surface area contributed by atoms with Gasteiger partial charge >= 0.3 is 0 Å². The van der Waals surface area contributed by atoms with Crippen LogP contribution in [0.5, 0.6) is 0 Å². The molecule has 1 amide bonds. The number of carbonyl (C=O) groups excluding carboxylic acids is 1. The Bertz CT molecular complexity index is 533. The van der Waals surface area contributed by atoms with Crippen molar-refractivity contribution in [3.8, 4) is 0 Å². The average molecular weight is 230 g/mol. The molecule has 0 radical (unpaired) electrons. The van der Waals surface area contributed by atoms with Crippen LogP contribution in [0.4, 0.5) is 5.82 Å². The lowest BCUT2D eigenvalue weighted by Gasteiger charge is -2.04. The molecule has 0 saturated heterocycles. The molecule has 0 aliphatic rings. The van der Waals surface area contributed by atoms with Crippen molar-refractivity contribution in [2.24, 2.45) is 7.05 Å². The number of nitrogens with zero attached hydrogens (tertiary/aromatic N) is 3. The van der Waals surface area contributed by atoms with E-state index in [0.29, 0.717) is 12.2 Å². The Morgan fingerprint density at radius 2 is 2.18 bits per heavy atom. The Morgan fingerprint density at radius 3 is 2.82 bits per heavy atom. The van der Waals surface area contributed by atoms with Crippen molar-refractivity contribution < 1.29 is 4.79 Å². The summed E-state index contributed by atoms with van der Waals surface area (Å²) in [5.74, 6) is 0.394. The molecule has 5 heteroatoms. The Balaban J connectivity index is 2.01. The number of anilines is 1. The molecular weight excluding hydrogens is 216 g/mol. The predicted octanol–water partition coefficient (Wildman–Crippen LogP) is 1.30. The van der Waals surface area contributed by atoms with Crippen LogP contribution in [0.15, 0.2) is 30.5 Å². The highest BCUT2D eigenvalue weighted by Gasteiger charge is 2.07. The molecular formula is C12H14N4O. The smallest absolute Gasteiger partial charge is 0.230 e. The normalized spacial score (nSPS) is 10.2. The summed E-state index contributed by atoms with van der Waals surface area (Å²) in [4.78, 5) is 13.2. The summed E-state index contributed by atoms with van der Waals surface area (Å²) in [6.45, 7) is 1.99. The van der Waals surface area contributed by atoms with E-state index in [0.717, 1.165) is 11.1 Å². The van der Waals surface area contributed by atoms with Gasteiger partial charge in [-0.25, -0.2) is 0 Å². The largest absolute Gasteiger partial charge is 0.308 e. The maximum Gasteiger partial charge on any atom is 0.230 e. The Hall–Kier alpha value is -2.17. The molecule has 2 rings (SSSR count). The molecule has 0 unspecified atom stereocenters. The lowest BCUT2D eigenvalue weighted by molar-refractivity contribution is -0.115. The minimum Gasteiger partial charge on any atom is -0.308 e. The number of carbonyl (C=O) groups is 1. The van der Waals surface area contributed by atoms with E-state index in [-0.39, 0.29) is 5.91 Å². The molecule has 1 aromatic heterocycles. The van der Waals surface area contributed by atoms with Crippen LogP contribution in [0.1, 0.15) is 11.1 Å². The third kappa shape index (κ3) is 2.90. The number of hydrogen-bond acceptors (Lipinski definition) is 3. The monoisotopic (exact) mass is 230 g/mol. The van der Waals surface area contributed by atoms with Crippen LogP contribution in [0.2, 0.25) is 0 Å². The number of benzene rings is 1. The fourth-order valence-electron chi connectivity index (χ4n) is 1.57. The van der Waals surface area contributed by atoms with Gasteiger partial charge in [0.1, 0.15) is 0 Å². The van der Waals surface area contributed by atoms with E-state index >= 15 is 0 Å². The molecule has 0 bridgehead atoms. The summed E-state index contributed by atoms with van der Waals surface area (Å²) in [7, 11) is 1.71. The van der Waals surface area contributed by atoms with Crippen LogP contribution < -0.4 is 5.32 Å². The van der Waals surface area contributed by atoms with E-state index in [1.807, 2.05) is 31.2 Å². The highest BCUT2D eigenvalue weighted by Crippen LogP contribution is 2.08. The summed E-state index contributed by atoms with van der Waals surface area (Å²) in [6.07, 6.45) is 1.87. The molecule has 0 aliphatic heterocycles. The molecule has 17 heavy (non-hydrogen) atoms. The van der Waals surface area contributed by atoms with Crippen molar-refractivity contribution in [2.45, 2.75) is 13.3 Å². The molecule has 1 heterocycles. The van der Waals surface area contributed by atoms with Crippen molar-refractivity contribution in [3.63, 3.8) is 0 Å². The molecule has 1 N–H and O–H groups in total. The fraction of sp³-hybridized carbons (Fsp3) is 0.250. The summed E-state index contributed by atoms with van der Waals surface area (Å²) in [6, 6.07) is 7.83. The maximum atomic E-state index is 11.8. The van der Waals surface area contributed by atoms with Crippen LogP contribution in [-0.4, -0.2) is 20.9 Å². The average Bonchev–Trinajstić information content (AvgIpc) is 2.67. The number of nitrogens with one attached hydrogen (secondary N) is 1. The first-order valence-corrected chi connectivity index (χ1v) is 5.36. The summed E-state index contributed by atoms with van der Waals surface area (Å²) < 4.78 is 0. The van der Waals surface area contributed by atoms with Gasteiger partial charge in [0.15, 0.2) is 5.82 Å². The minimum absolute atomic E-state index is 0.0835. The fourth-order valence-corrected chi connectivity index (χ4v) is 1.57. The SMILES string of the molecule is Cc1ccccc1CC(=O)Nc1cnn(C)n1. The molecule has 1 aromatic carbocycles. The van der Waals surface area contributed by atoms with E-state index < -0.39 is 0 Å². The third-order valence-electron chi connectivity index (χ3n) is 2.48. The Labute approximate surface area is 99.5 Å². The van der Waals surface area contributed by atoms with Crippen LogP contribution in [0.3, 0.4) is 0 Å². The lowest BCUT2D eigenvalue weighted by Crippen LogP contribution is -2.15. The molecule has 0 atom stereocenters. The van der Waals surface area contributed by atoms with E-state index in [1.54, 1.807) is 7.05 Å². The summed E-state index contributed by atoms with van der Waals surface area (Å²) >= 11 is 0. The zero-order valence-corrected chi connectivity index (χ0v) is 9.84. The highest BCUT2D eigenvalue weighted by atomic mass is 16.1. The number of amides is 1. The van der Waals surface area contributed by atoms with Gasteiger partial charge < -0.3 is 5.32 Å². The summed E-state index contributed by atoms with van der Waals surface area (Å²) in [5, 5.41) is 10.6. The second-order valence-electron chi connectivity index (χ2n) is 3.87. The van der Waals surface area contributed by atoms with Crippen molar-refractivity contribution in [1.82, 2.24) is 15.0 Å². The van der Waals surface area contributed by atoms with Gasteiger partial charge in [0.2, 0.25) is 5.91 Å². The van der Waals surface area contributed by atoms with E-state index in [9.17, 15) is 4.79 Å². The van der Waals surface area contributed by atoms with Crippen molar-refractivity contribution in [3.05, 3.63) is 41.6 Å². The van der Waals surface area contributed by atoms with Gasteiger partial charge in [-0.15, -0.1) is 5.10 Å². The van der Waals surface area contributed by atoms with Gasteiger partial charge in [0, 0.05) is 7.05 Å². The van der Waals surface area contributed by atoms with E-state index in [2.05, 4.69) is 15.5 Å². The predicted molar refractivity (Wildman–Crippen MR) is 64.5 cm³/mol. The van der Waals surface area contributed by atoms with Gasteiger partial charge in [0.25, 0.3) is 0 Å². The molecule has 0 saturated carbocycles. The number of aromatic nitrogens is 3. The van der Waals surface area contributed by atoms with Crippen molar-refractivity contribution >= 4 is 11.7 Å². The molecule has 88 valence electrons. The molecule has 0 aliphatic carbocycles. The van der Waals surface area contributed by atoms with Crippen LogP contribution in [0.25, 0.3) is 0 Å². The van der Waals surface area contributed by atoms with Crippen LogP contribution in [-0.2, 0) is 18.3 Å². The standard InChI is InChI=1S/C12H14N4O/c1-9-5-3-4-6-10(9)7-12(17)14-11-8-13-16(2)15-11/h3-6,8H,7H2,1-2H3,(H,14,15,17). The number of aryl methyl sites for hydroxylation is 2. The van der Waals surface area contributed by atoms with Crippen LogP contribution >= 0.6 is 0 Å². The van der Waals surface area contributed by atoms with Crippen molar-refractivity contribution in [2.75, 3.05) is 5.32 Å². The minimum atomic E-state index is -0.0835. The molecule has 0 fully saturated rings.